The Bertz CT molecular complexity index is 877. The molecule has 1 aliphatic heterocycles. The fraction of sp³-hybridized carbons (Fsp3) is 0.316. The minimum absolute atomic E-state index is 0.123. The number of carbonyl (C=O) groups excluding carboxylic acids is 1. The van der Waals surface area contributed by atoms with Crippen molar-refractivity contribution < 1.29 is 19.0 Å². The second kappa shape index (κ2) is 11.3. The highest BCUT2D eigenvalue weighted by Crippen LogP contribution is 2.37. The lowest BCUT2D eigenvalue weighted by molar-refractivity contribution is -0.143. The number of methoxy groups -OCH3 is 1. The third kappa shape index (κ3) is 7.32. The van der Waals surface area contributed by atoms with Crippen LogP contribution in [0.5, 0.6) is 17.4 Å². The van der Waals surface area contributed by atoms with E-state index in [0.29, 0.717) is 16.5 Å². The highest BCUT2D eigenvalue weighted by Gasteiger charge is 2.13. The van der Waals surface area contributed by atoms with E-state index in [4.69, 9.17) is 44.1 Å². The third-order valence-corrected chi connectivity index (χ3v) is 4.34. The van der Waals surface area contributed by atoms with Gasteiger partial charge in [0.2, 0.25) is 0 Å². The summed E-state index contributed by atoms with van der Waals surface area (Å²) in [5.41, 5.74) is 11.4. The minimum atomic E-state index is -0.537. The Kier molecular flexibility index (Phi) is 8.82. The maximum absolute atomic E-state index is 11.1. The number of pyridine rings is 1. The number of carbonyl (C=O) groups is 1. The van der Waals surface area contributed by atoms with E-state index in [1.807, 2.05) is 0 Å². The van der Waals surface area contributed by atoms with Crippen LogP contribution in [0.15, 0.2) is 35.5 Å². The van der Waals surface area contributed by atoms with Crippen molar-refractivity contribution >= 4 is 40.7 Å². The first-order valence-electron chi connectivity index (χ1n) is 8.76. The summed E-state index contributed by atoms with van der Waals surface area (Å²) in [5.74, 6) is 0.989. The predicted molar refractivity (Wildman–Crippen MR) is 113 cm³/mol. The van der Waals surface area contributed by atoms with Crippen LogP contribution in [0.1, 0.15) is 19.3 Å². The first kappa shape index (κ1) is 22.6. The Morgan fingerprint density at radius 2 is 1.97 bits per heavy atom. The van der Waals surface area contributed by atoms with Crippen LogP contribution in [0.3, 0.4) is 0 Å². The molecule has 0 bridgehead atoms. The van der Waals surface area contributed by atoms with E-state index in [-0.39, 0.29) is 23.3 Å². The van der Waals surface area contributed by atoms with Crippen molar-refractivity contribution in [2.75, 3.05) is 26.0 Å². The minimum Gasteiger partial charge on any atom is -0.466 e. The van der Waals surface area contributed by atoms with Crippen LogP contribution in [0.4, 0.5) is 5.69 Å². The number of esters is 1. The Morgan fingerprint density at radius 1 is 1.17 bits per heavy atom. The summed E-state index contributed by atoms with van der Waals surface area (Å²) in [6.45, 7) is 0.659. The van der Waals surface area contributed by atoms with Crippen molar-refractivity contribution in [3.8, 4) is 17.4 Å². The van der Waals surface area contributed by atoms with Crippen molar-refractivity contribution in [2.45, 2.75) is 19.3 Å². The van der Waals surface area contributed by atoms with Crippen LogP contribution in [-0.2, 0) is 9.53 Å². The Hall–Kier alpha value is -2.71. The zero-order valence-electron chi connectivity index (χ0n) is 15.9. The van der Waals surface area contributed by atoms with Crippen LogP contribution >= 0.6 is 23.2 Å². The van der Waals surface area contributed by atoms with E-state index >= 15 is 0 Å². The molecular weight excluding hydrogens is 419 g/mol. The number of aromatic nitrogens is 1. The number of rotatable bonds is 5. The van der Waals surface area contributed by atoms with Crippen LogP contribution < -0.4 is 20.9 Å². The Morgan fingerprint density at radius 3 is 2.59 bits per heavy atom. The normalized spacial score (nSPS) is 12.9. The van der Waals surface area contributed by atoms with Crippen LogP contribution in [0.25, 0.3) is 0 Å². The molecule has 0 saturated carbocycles. The number of hydrogen-bond donors (Lipinski definition) is 2. The van der Waals surface area contributed by atoms with Crippen molar-refractivity contribution in [2.24, 2.45) is 10.7 Å². The number of nitrogen functional groups attached to an aromatic ring is 1. The second-order valence-corrected chi connectivity index (χ2v) is 6.72. The molecule has 0 radical (unpaired) electrons. The van der Waals surface area contributed by atoms with E-state index in [2.05, 4.69) is 14.7 Å². The molecule has 1 aromatic heterocycles. The largest absolute Gasteiger partial charge is 0.466 e. The van der Waals surface area contributed by atoms with Crippen molar-refractivity contribution in [3.05, 3.63) is 40.5 Å². The van der Waals surface area contributed by atoms with Gasteiger partial charge < -0.3 is 25.7 Å². The summed E-state index contributed by atoms with van der Waals surface area (Å²) in [6.07, 6.45) is 4.97. The second-order valence-electron chi connectivity index (χ2n) is 5.91. The zero-order chi connectivity index (χ0) is 21.2. The molecule has 0 atom stereocenters. The van der Waals surface area contributed by atoms with E-state index in [1.54, 1.807) is 12.1 Å². The molecule has 4 N–H and O–H groups in total. The highest BCUT2D eigenvalue weighted by atomic mass is 35.5. The number of hydrogen-bond acceptors (Lipinski definition) is 8. The van der Waals surface area contributed by atoms with Gasteiger partial charge in [0.1, 0.15) is 5.75 Å². The van der Waals surface area contributed by atoms with Gasteiger partial charge in [-0.3, -0.25) is 4.99 Å². The molecule has 1 aliphatic rings. The van der Waals surface area contributed by atoms with Gasteiger partial charge in [-0.2, -0.15) is 0 Å². The number of nitrogens with zero attached hydrogens (tertiary/aromatic N) is 2. The molecule has 2 heterocycles. The standard InChI is InChI=1S/C14H12Cl2N2O4.C5H10N2/c1-20-13(19)7-21-14-11(3-2-4-18-14)22-12-6-10(17)8(15)5-9(12)16;6-5-3-1-2-4-7-5/h2-6H,7,17H2,1H3;1-4H2,(H2,6,7). The Labute approximate surface area is 178 Å². The van der Waals surface area contributed by atoms with Crippen molar-refractivity contribution in [3.63, 3.8) is 0 Å². The molecule has 10 heteroatoms. The summed E-state index contributed by atoms with van der Waals surface area (Å²) in [4.78, 5) is 19.1. The highest BCUT2D eigenvalue weighted by molar-refractivity contribution is 6.37. The average molecular weight is 441 g/mol. The predicted octanol–water partition coefficient (Wildman–Crippen LogP) is 3.84. The number of benzene rings is 1. The first-order valence-corrected chi connectivity index (χ1v) is 9.52. The van der Waals surface area contributed by atoms with Crippen LogP contribution in [-0.4, -0.2) is 37.1 Å². The van der Waals surface area contributed by atoms with E-state index in [9.17, 15) is 4.79 Å². The number of nitrogens with two attached hydrogens (primary N) is 2. The number of halogens is 2. The lowest BCUT2D eigenvalue weighted by atomic mass is 10.2. The maximum atomic E-state index is 11.1. The monoisotopic (exact) mass is 440 g/mol. The zero-order valence-corrected chi connectivity index (χ0v) is 17.4. The first-order chi connectivity index (χ1) is 13.9. The maximum Gasteiger partial charge on any atom is 0.343 e. The van der Waals surface area contributed by atoms with Crippen LogP contribution in [0.2, 0.25) is 10.0 Å². The molecule has 8 nitrogen and oxygen atoms in total. The summed E-state index contributed by atoms with van der Waals surface area (Å²) < 4.78 is 15.4. The molecule has 0 spiro atoms. The quantitative estimate of drug-likeness (QED) is 0.534. The molecule has 0 amide bonds. The van der Waals surface area contributed by atoms with E-state index in [0.717, 1.165) is 18.8 Å². The molecule has 0 unspecified atom stereocenters. The molecule has 0 fully saturated rings. The number of ether oxygens (including phenoxy) is 3. The number of amidine groups is 1. The molecular formula is C19H22Cl2N4O4. The molecule has 0 aliphatic carbocycles. The molecule has 2 aromatic rings. The molecule has 29 heavy (non-hydrogen) atoms. The van der Waals surface area contributed by atoms with Crippen molar-refractivity contribution in [1.82, 2.24) is 4.98 Å². The van der Waals surface area contributed by atoms with Gasteiger partial charge in [-0.15, -0.1) is 0 Å². The molecule has 1 aromatic carbocycles. The number of aliphatic imine (C=N–C) groups is 1. The third-order valence-electron chi connectivity index (χ3n) is 3.72. The number of anilines is 1. The van der Waals surface area contributed by atoms with E-state index < -0.39 is 5.97 Å². The van der Waals surface area contributed by atoms with Crippen LogP contribution in [0, 0.1) is 0 Å². The van der Waals surface area contributed by atoms with E-state index in [1.165, 1.54) is 38.3 Å². The Balaban J connectivity index is 0.000000360. The summed E-state index contributed by atoms with van der Waals surface area (Å²) in [6, 6.07) is 6.22. The van der Waals surface area contributed by atoms with Gasteiger partial charge in [0.05, 0.1) is 28.7 Å². The SMILES string of the molecule is COC(=O)COc1ncccc1Oc1cc(N)c(Cl)cc1Cl.NC1=NCCCC1. The van der Waals surface area contributed by atoms with Gasteiger partial charge in [0.25, 0.3) is 5.88 Å². The molecule has 156 valence electrons. The summed E-state index contributed by atoms with van der Waals surface area (Å²) in [5, 5.41) is 0.604. The topological polar surface area (TPSA) is 122 Å². The lowest BCUT2D eigenvalue weighted by Gasteiger charge is -2.12. The fourth-order valence-corrected chi connectivity index (χ4v) is 2.63. The summed E-state index contributed by atoms with van der Waals surface area (Å²) in [7, 11) is 1.26. The average Bonchev–Trinajstić information content (AvgIpc) is 2.72. The molecule has 0 saturated heterocycles. The summed E-state index contributed by atoms with van der Waals surface area (Å²) >= 11 is 11.9. The van der Waals surface area contributed by atoms with Gasteiger partial charge in [0, 0.05) is 25.2 Å². The van der Waals surface area contributed by atoms with Crippen molar-refractivity contribution in [1.29, 1.82) is 0 Å². The van der Waals surface area contributed by atoms with Gasteiger partial charge in [-0.1, -0.05) is 23.2 Å². The smallest absolute Gasteiger partial charge is 0.343 e. The van der Waals surface area contributed by atoms with Gasteiger partial charge in [-0.25, -0.2) is 9.78 Å². The fourth-order valence-electron chi connectivity index (χ4n) is 2.21. The van der Waals surface area contributed by atoms with Gasteiger partial charge in [-0.05, 0) is 31.0 Å². The van der Waals surface area contributed by atoms with Gasteiger partial charge in [0.15, 0.2) is 12.4 Å². The lowest BCUT2D eigenvalue weighted by Crippen LogP contribution is -2.15. The van der Waals surface area contributed by atoms with Gasteiger partial charge >= 0.3 is 5.97 Å². The molecule has 3 rings (SSSR count).